The lowest BCUT2D eigenvalue weighted by molar-refractivity contribution is 0.404. The predicted octanol–water partition coefficient (Wildman–Crippen LogP) is 3.65. The molecule has 1 aromatic heterocycles. The molecule has 1 N–H and O–H groups in total. The lowest BCUT2D eigenvalue weighted by Gasteiger charge is -2.11. The molecule has 7 heteroatoms. The number of methoxy groups -OCH3 is 1. The molecule has 0 radical (unpaired) electrons. The molecule has 0 saturated heterocycles. The first-order valence-electron chi connectivity index (χ1n) is 8.15. The molecule has 0 fully saturated rings. The molecule has 0 saturated carbocycles. The van der Waals surface area contributed by atoms with Crippen LogP contribution < -0.4 is 10.1 Å². The Bertz CT molecular complexity index is 1060. The third kappa shape index (κ3) is 2.98. The summed E-state index contributed by atoms with van der Waals surface area (Å²) in [7, 11) is -2.10. The van der Waals surface area contributed by atoms with Crippen molar-refractivity contribution in [1.29, 1.82) is 0 Å². The predicted molar refractivity (Wildman–Crippen MR) is 102 cm³/mol. The van der Waals surface area contributed by atoms with Gasteiger partial charge in [0.25, 0.3) is 0 Å². The molecular weight excluding hydrogens is 374 g/mol. The molecule has 0 unspecified atom stereocenters. The fourth-order valence-electron chi connectivity index (χ4n) is 3.21. The maximum Gasteiger partial charge on any atom is 0.206 e. The molecule has 0 bridgehead atoms. The Hall–Kier alpha value is -2.02. The number of halogens is 1. The van der Waals surface area contributed by atoms with Gasteiger partial charge in [0.1, 0.15) is 5.76 Å². The smallest absolute Gasteiger partial charge is 0.206 e. The summed E-state index contributed by atoms with van der Waals surface area (Å²) in [4.78, 5) is 0.491. The van der Waals surface area contributed by atoms with Gasteiger partial charge in [-0.15, -0.1) is 12.4 Å². The standard InChI is InChI=1S/C19H19NO4S.ClH/c1-12-3-5-13(6-4-12)25(21,22)14-9-15-16-11-20-8-7-17(16)24-19(15)18(10-14)23-2;/h3-6,9-10,20H,7-8,11H2,1-2H3;1H. The summed E-state index contributed by atoms with van der Waals surface area (Å²) in [6.45, 7) is 3.44. The van der Waals surface area contributed by atoms with Crippen molar-refractivity contribution in [2.75, 3.05) is 13.7 Å². The highest BCUT2D eigenvalue weighted by molar-refractivity contribution is 7.91. The van der Waals surface area contributed by atoms with E-state index in [0.717, 1.165) is 35.2 Å². The third-order valence-electron chi connectivity index (χ3n) is 4.61. The van der Waals surface area contributed by atoms with E-state index in [-0.39, 0.29) is 22.2 Å². The average molecular weight is 394 g/mol. The van der Waals surface area contributed by atoms with E-state index in [1.54, 1.807) is 36.4 Å². The number of ether oxygens (including phenoxy) is 1. The van der Waals surface area contributed by atoms with Crippen LogP contribution in [-0.4, -0.2) is 22.1 Å². The first kappa shape index (κ1) is 18.8. The molecule has 0 aliphatic carbocycles. The van der Waals surface area contributed by atoms with Gasteiger partial charge < -0.3 is 14.5 Å². The van der Waals surface area contributed by atoms with E-state index < -0.39 is 9.84 Å². The zero-order valence-electron chi connectivity index (χ0n) is 14.5. The molecule has 26 heavy (non-hydrogen) atoms. The number of hydrogen-bond acceptors (Lipinski definition) is 5. The van der Waals surface area contributed by atoms with Gasteiger partial charge in [-0.2, -0.15) is 0 Å². The highest BCUT2D eigenvalue weighted by Gasteiger charge is 2.25. The molecule has 4 rings (SSSR count). The number of nitrogens with one attached hydrogen (secondary N) is 1. The van der Waals surface area contributed by atoms with Gasteiger partial charge in [0.05, 0.1) is 16.9 Å². The van der Waals surface area contributed by atoms with Gasteiger partial charge in [0.2, 0.25) is 9.84 Å². The number of aryl methyl sites for hydroxylation is 1. The van der Waals surface area contributed by atoms with E-state index in [2.05, 4.69) is 5.32 Å². The fourth-order valence-corrected chi connectivity index (χ4v) is 4.51. The van der Waals surface area contributed by atoms with Gasteiger partial charge >= 0.3 is 0 Å². The Kier molecular flexibility index (Phi) is 5.01. The summed E-state index contributed by atoms with van der Waals surface area (Å²) in [5.41, 5.74) is 2.64. The second-order valence-corrected chi connectivity index (χ2v) is 8.20. The Morgan fingerprint density at radius 1 is 1.12 bits per heavy atom. The Labute approximate surface area is 158 Å². The highest BCUT2D eigenvalue weighted by Crippen LogP contribution is 2.37. The van der Waals surface area contributed by atoms with E-state index >= 15 is 0 Å². The second kappa shape index (κ2) is 6.95. The summed E-state index contributed by atoms with van der Waals surface area (Å²) in [6, 6.07) is 10.1. The molecule has 1 aliphatic heterocycles. The number of rotatable bonds is 3. The minimum atomic E-state index is -3.63. The molecule has 0 amide bonds. The number of sulfone groups is 1. The third-order valence-corrected chi connectivity index (χ3v) is 6.36. The minimum Gasteiger partial charge on any atom is -0.493 e. The molecule has 2 heterocycles. The van der Waals surface area contributed by atoms with Gasteiger partial charge in [0.15, 0.2) is 11.3 Å². The summed E-state index contributed by atoms with van der Waals surface area (Å²) in [6.07, 6.45) is 0.785. The number of benzene rings is 2. The van der Waals surface area contributed by atoms with E-state index in [1.165, 1.54) is 7.11 Å². The molecule has 2 aromatic carbocycles. The molecule has 0 spiro atoms. The largest absolute Gasteiger partial charge is 0.493 e. The number of hydrogen-bond donors (Lipinski definition) is 1. The maximum absolute atomic E-state index is 13.0. The van der Waals surface area contributed by atoms with Gasteiger partial charge in [-0.05, 0) is 25.1 Å². The van der Waals surface area contributed by atoms with Crippen molar-refractivity contribution in [1.82, 2.24) is 5.32 Å². The summed E-state index contributed by atoms with van der Waals surface area (Å²) in [5.74, 6) is 1.34. The van der Waals surface area contributed by atoms with Crippen LogP contribution in [0.2, 0.25) is 0 Å². The highest BCUT2D eigenvalue weighted by atomic mass is 35.5. The lowest BCUT2D eigenvalue weighted by atomic mass is 10.1. The number of furan rings is 1. The Balaban J connectivity index is 0.00000196. The summed E-state index contributed by atoms with van der Waals surface area (Å²) in [5, 5.41) is 4.10. The molecule has 5 nitrogen and oxygen atoms in total. The topological polar surface area (TPSA) is 68.5 Å². The van der Waals surface area contributed by atoms with Crippen LogP contribution in [0.3, 0.4) is 0 Å². The van der Waals surface area contributed by atoms with Gasteiger partial charge in [-0.1, -0.05) is 17.7 Å². The van der Waals surface area contributed by atoms with Crippen LogP contribution in [-0.2, 0) is 22.8 Å². The normalized spacial score (nSPS) is 13.9. The van der Waals surface area contributed by atoms with Crippen molar-refractivity contribution in [3.05, 3.63) is 53.3 Å². The van der Waals surface area contributed by atoms with Crippen LogP contribution >= 0.6 is 12.4 Å². The van der Waals surface area contributed by atoms with E-state index in [0.29, 0.717) is 17.9 Å². The summed E-state index contributed by atoms with van der Waals surface area (Å²) < 4.78 is 37.4. The van der Waals surface area contributed by atoms with E-state index in [4.69, 9.17) is 9.15 Å². The van der Waals surface area contributed by atoms with Gasteiger partial charge in [-0.25, -0.2) is 8.42 Å². The van der Waals surface area contributed by atoms with Crippen LogP contribution in [0.15, 0.2) is 50.6 Å². The Morgan fingerprint density at radius 2 is 1.85 bits per heavy atom. The second-order valence-electron chi connectivity index (χ2n) is 6.25. The van der Waals surface area contributed by atoms with E-state index in [1.807, 2.05) is 6.92 Å². The quantitative estimate of drug-likeness (QED) is 0.735. The van der Waals surface area contributed by atoms with Crippen LogP contribution in [0, 0.1) is 6.92 Å². The maximum atomic E-state index is 13.0. The fraction of sp³-hybridized carbons (Fsp3) is 0.263. The molecule has 3 aromatic rings. The monoisotopic (exact) mass is 393 g/mol. The zero-order valence-corrected chi connectivity index (χ0v) is 16.2. The Morgan fingerprint density at radius 3 is 2.54 bits per heavy atom. The average Bonchev–Trinajstić information content (AvgIpc) is 3.00. The molecule has 0 atom stereocenters. The van der Waals surface area contributed by atoms with Crippen LogP contribution in [0.4, 0.5) is 0 Å². The lowest BCUT2D eigenvalue weighted by Crippen LogP contribution is -2.22. The van der Waals surface area contributed by atoms with Gasteiger partial charge in [0, 0.05) is 36.5 Å². The first-order chi connectivity index (χ1) is 12.0. The molecular formula is C19H20ClNO4S. The van der Waals surface area contributed by atoms with Crippen LogP contribution in [0.5, 0.6) is 5.75 Å². The van der Waals surface area contributed by atoms with Gasteiger partial charge in [-0.3, -0.25) is 0 Å². The first-order valence-corrected chi connectivity index (χ1v) is 9.64. The van der Waals surface area contributed by atoms with Crippen LogP contribution in [0.25, 0.3) is 11.0 Å². The number of fused-ring (bicyclic) bond motifs is 3. The van der Waals surface area contributed by atoms with Crippen molar-refractivity contribution in [2.45, 2.75) is 29.7 Å². The van der Waals surface area contributed by atoms with Crippen molar-refractivity contribution in [3.8, 4) is 5.75 Å². The summed E-state index contributed by atoms with van der Waals surface area (Å²) >= 11 is 0. The van der Waals surface area contributed by atoms with E-state index in [9.17, 15) is 8.42 Å². The van der Waals surface area contributed by atoms with Crippen molar-refractivity contribution in [3.63, 3.8) is 0 Å². The molecule has 138 valence electrons. The zero-order chi connectivity index (χ0) is 17.6. The van der Waals surface area contributed by atoms with Crippen molar-refractivity contribution < 1.29 is 17.6 Å². The SMILES string of the molecule is COc1cc(S(=O)(=O)c2ccc(C)cc2)cc2c3c(oc12)CCNC3.Cl. The molecule has 1 aliphatic rings. The minimum absolute atomic E-state index is 0. The van der Waals surface area contributed by atoms with Crippen molar-refractivity contribution in [2.24, 2.45) is 0 Å². The van der Waals surface area contributed by atoms with Crippen molar-refractivity contribution >= 4 is 33.2 Å². The van der Waals surface area contributed by atoms with Crippen LogP contribution in [0.1, 0.15) is 16.9 Å².